The van der Waals surface area contributed by atoms with Crippen molar-refractivity contribution in [2.24, 2.45) is 13.0 Å². The van der Waals surface area contributed by atoms with Crippen molar-refractivity contribution in [3.05, 3.63) is 15.8 Å². The molecule has 0 saturated heterocycles. The number of hydrogen-bond donors (Lipinski definition) is 1. The first-order valence-corrected chi connectivity index (χ1v) is 6.45. The van der Waals surface area contributed by atoms with Gasteiger partial charge in [0.1, 0.15) is 5.69 Å². The van der Waals surface area contributed by atoms with E-state index in [-0.39, 0.29) is 16.5 Å². The molecule has 1 fully saturated rings. The van der Waals surface area contributed by atoms with Crippen LogP contribution in [0.1, 0.15) is 44.7 Å². The van der Waals surface area contributed by atoms with Crippen molar-refractivity contribution in [2.45, 2.75) is 39.0 Å². The van der Waals surface area contributed by atoms with Gasteiger partial charge in [-0.2, -0.15) is 5.10 Å². The molecule has 2 rings (SSSR count). The first-order chi connectivity index (χ1) is 8.50. The van der Waals surface area contributed by atoms with Crippen LogP contribution in [0.25, 0.3) is 0 Å². The van der Waals surface area contributed by atoms with Gasteiger partial charge in [0.25, 0.3) is 0 Å². The second kappa shape index (κ2) is 4.96. The molecule has 100 valence electrons. The van der Waals surface area contributed by atoms with E-state index < -0.39 is 0 Å². The predicted octanol–water partition coefficient (Wildman–Crippen LogP) is 2.66. The molecule has 1 heterocycles. The SMILES string of the molecule is CC(C)c1nn(C)c(NCC2CCC2)c1[N+](=O)[O-]. The monoisotopic (exact) mass is 252 g/mol. The Morgan fingerprint density at radius 3 is 2.67 bits per heavy atom. The van der Waals surface area contributed by atoms with Crippen LogP contribution in [0.4, 0.5) is 11.5 Å². The highest BCUT2D eigenvalue weighted by atomic mass is 16.6. The highest BCUT2D eigenvalue weighted by Crippen LogP contribution is 2.34. The second-order valence-corrected chi connectivity index (χ2v) is 5.30. The molecule has 1 aliphatic carbocycles. The van der Waals surface area contributed by atoms with Gasteiger partial charge in [0, 0.05) is 19.5 Å². The molecule has 0 unspecified atom stereocenters. The number of nitrogens with one attached hydrogen (secondary N) is 1. The molecule has 6 heteroatoms. The first kappa shape index (κ1) is 12.9. The summed E-state index contributed by atoms with van der Waals surface area (Å²) in [6, 6.07) is 0. The standard InChI is InChI=1S/C12H20N4O2/c1-8(2)10-11(16(17)18)12(15(3)14-10)13-7-9-5-4-6-9/h8-9,13H,4-7H2,1-3H3. The molecule has 0 aliphatic heterocycles. The van der Waals surface area contributed by atoms with Gasteiger partial charge in [0.15, 0.2) is 0 Å². The number of hydrogen-bond acceptors (Lipinski definition) is 4. The molecule has 1 saturated carbocycles. The molecule has 0 aromatic carbocycles. The molecule has 1 aromatic heterocycles. The summed E-state index contributed by atoms with van der Waals surface area (Å²) in [6.07, 6.45) is 3.71. The van der Waals surface area contributed by atoms with Crippen LogP contribution in [0, 0.1) is 16.0 Å². The zero-order chi connectivity index (χ0) is 13.3. The molecule has 0 radical (unpaired) electrons. The summed E-state index contributed by atoms with van der Waals surface area (Å²) in [5.41, 5.74) is 0.686. The Balaban J connectivity index is 2.23. The maximum absolute atomic E-state index is 11.2. The third-order valence-corrected chi connectivity index (χ3v) is 3.56. The maximum atomic E-state index is 11.2. The third kappa shape index (κ3) is 2.32. The van der Waals surface area contributed by atoms with Crippen molar-refractivity contribution in [1.82, 2.24) is 9.78 Å². The molecular weight excluding hydrogens is 232 g/mol. The lowest BCUT2D eigenvalue weighted by atomic mass is 9.85. The lowest BCUT2D eigenvalue weighted by Gasteiger charge is -2.25. The van der Waals surface area contributed by atoms with E-state index in [0.29, 0.717) is 17.4 Å². The average molecular weight is 252 g/mol. The Hall–Kier alpha value is -1.59. The number of nitro groups is 1. The van der Waals surface area contributed by atoms with Gasteiger partial charge in [-0.15, -0.1) is 0 Å². The van der Waals surface area contributed by atoms with E-state index in [4.69, 9.17) is 0 Å². The van der Waals surface area contributed by atoms with Crippen molar-refractivity contribution in [1.29, 1.82) is 0 Å². The van der Waals surface area contributed by atoms with Crippen molar-refractivity contribution in [2.75, 3.05) is 11.9 Å². The molecule has 1 aliphatic rings. The fourth-order valence-corrected chi connectivity index (χ4v) is 2.24. The molecule has 1 aromatic rings. The fourth-order valence-electron chi connectivity index (χ4n) is 2.24. The van der Waals surface area contributed by atoms with E-state index in [2.05, 4.69) is 10.4 Å². The Morgan fingerprint density at radius 2 is 2.22 bits per heavy atom. The van der Waals surface area contributed by atoms with Crippen LogP contribution in [0.15, 0.2) is 0 Å². The van der Waals surface area contributed by atoms with Crippen molar-refractivity contribution < 1.29 is 4.92 Å². The van der Waals surface area contributed by atoms with E-state index >= 15 is 0 Å². The summed E-state index contributed by atoms with van der Waals surface area (Å²) in [6.45, 7) is 4.65. The minimum Gasteiger partial charge on any atom is -0.364 e. The predicted molar refractivity (Wildman–Crippen MR) is 69.8 cm³/mol. The van der Waals surface area contributed by atoms with Crippen LogP contribution < -0.4 is 5.32 Å². The molecule has 0 spiro atoms. The third-order valence-electron chi connectivity index (χ3n) is 3.56. The van der Waals surface area contributed by atoms with Crippen molar-refractivity contribution in [3.8, 4) is 0 Å². The van der Waals surface area contributed by atoms with Crippen LogP contribution in [0.3, 0.4) is 0 Å². The van der Waals surface area contributed by atoms with Crippen molar-refractivity contribution >= 4 is 11.5 Å². The quantitative estimate of drug-likeness (QED) is 0.646. The summed E-state index contributed by atoms with van der Waals surface area (Å²) < 4.78 is 1.59. The van der Waals surface area contributed by atoms with Gasteiger partial charge in [0.05, 0.1) is 4.92 Å². The lowest BCUT2D eigenvalue weighted by Crippen LogP contribution is -2.22. The van der Waals surface area contributed by atoms with E-state index in [0.717, 1.165) is 6.54 Å². The zero-order valence-electron chi connectivity index (χ0n) is 11.1. The molecule has 6 nitrogen and oxygen atoms in total. The zero-order valence-corrected chi connectivity index (χ0v) is 11.1. The van der Waals surface area contributed by atoms with E-state index in [1.54, 1.807) is 11.7 Å². The summed E-state index contributed by atoms with van der Waals surface area (Å²) >= 11 is 0. The average Bonchev–Trinajstić information content (AvgIpc) is 2.54. The second-order valence-electron chi connectivity index (χ2n) is 5.30. The fraction of sp³-hybridized carbons (Fsp3) is 0.750. The molecule has 0 atom stereocenters. The lowest BCUT2D eigenvalue weighted by molar-refractivity contribution is -0.384. The van der Waals surface area contributed by atoms with Gasteiger partial charge in [-0.3, -0.25) is 10.1 Å². The largest absolute Gasteiger partial charge is 0.364 e. The normalized spacial score (nSPS) is 15.8. The number of aryl methyl sites for hydroxylation is 1. The number of nitrogens with zero attached hydrogens (tertiary/aromatic N) is 3. The van der Waals surface area contributed by atoms with E-state index in [9.17, 15) is 10.1 Å². The molecule has 18 heavy (non-hydrogen) atoms. The Bertz CT molecular complexity index is 449. The van der Waals surface area contributed by atoms with Crippen LogP contribution in [0.5, 0.6) is 0 Å². The van der Waals surface area contributed by atoms with Gasteiger partial charge < -0.3 is 5.32 Å². The molecular formula is C12H20N4O2. The van der Waals surface area contributed by atoms with Crippen LogP contribution >= 0.6 is 0 Å². The summed E-state index contributed by atoms with van der Waals surface area (Å²) in [7, 11) is 1.75. The summed E-state index contributed by atoms with van der Waals surface area (Å²) in [5, 5.41) is 18.7. The van der Waals surface area contributed by atoms with E-state index in [1.807, 2.05) is 13.8 Å². The first-order valence-electron chi connectivity index (χ1n) is 6.45. The molecule has 1 N–H and O–H groups in total. The number of rotatable bonds is 5. The highest BCUT2D eigenvalue weighted by molar-refractivity contribution is 5.60. The minimum atomic E-state index is -0.328. The highest BCUT2D eigenvalue weighted by Gasteiger charge is 2.29. The topological polar surface area (TPSA) is 73.0 Å². The Morgan fingerprint density at radius 1 is 1.56 bits per heavy atom. The Kier molecular flexibility index (Phi) is 3.54. The smallest absolute Gasteiger partial charge is 0.334 e. The number of anilines is 1. The van der Waals surface area contributed by atoms with Gasteiger partial charge in [-0.25, -0.2) is 4.68 Å². The maximum Gasteiger partial charge on any atom is 0.334 e. The van der Waals surface area contributed by atoms with Gasteiger partial charge in [-0.05, 0) is 18.8 Å². The number of aromatic nitrogens is 2. The van der Waals surface area contributed by atoms with Gasteiger partial charge in [0.2, 0.25) is 5.82 Å². The van der Waals surface area contributed by atoms with Gasteiger partial charge in [-0.1, -0.05) is 20.3 Å². The van der Waals surface area contributed by atoms with Crippen LogP contribution in [-0.4, -0.2) is 21.2 Å². The minimum absolute atomic E-state index is 0.0517. The Labute approximate surface area is 107 Å². The van der Waals surface area contributed by atoms with Gasteiger partial charge >= 0.3 is 5.69 Å². The summed E-state index contributed by atoms with van der Waals surface area (Å²) in [4.78, 5) is 10.9. The van der Waals surface area contributed by atoms with E-state index in [1.165, 1.54) is 19.3 Å². The van der Waals surface area contributed by atoms with Crippen LogP contribution in [0.2, 0.25) is 0 Å². The van der Waals surface area contributed by atoms with Crippen molar-refractivity contribution in [3.63, 3.8) is 0 Å². The van der Waals surface area contributed by atoms with Crippen LogP contribution in [-0.2, 0) is 7.05 Å². The molecule has 0 amide bonds. The summed E-state index contributed by atoms with van der Waals surface area (Å²) in [5.74, 6) is 1.24. The molecule has 0 bridgehead atoms.